The Bertz CT molecular complexity index is 633. The molecule has 0 aromatic carbocycles. The van der Waals surface area contributed by atoms with Crippen LogP contribution in [0.3, 0.4) is 0 Å². The van der Waals surface area contributed by atoms with Crippen molar-refractivity contribution in [3.63, 3.8) is 0 Å². The van der Waals surface area contributed by atoms with Gasteiger partial charge in [-0.05, 0) is 36.7 Å². The average Bonchev–Trinajstić information content (AvgIpc) is 2.52. The molecule has 0 saturated carbocycles. The van der Waals surface area contributed by atoms with Crippen LogP contribution in [0, 0.1) is 0 Å². The van der Waals surface area contributed by atoms with Crippen LogP contribution in [0.2, 0.25) is 0 Å². The Hall–Kier alpha value is -1.83. The molecule has 0 aliphatic rings. The number of hydrogen-bond donors (Lipinski definition) is 2. The van der Waals surface area contributed by atoms with Gasteiger partial charge in [0.2, 0.25) is 10.0 Å². The molecule has 0 spiro atoms. The van der Waals surface area contributed by atoms with Gasteiger partial charge in [0.05, 0.1) is 0 Å². The highest BCUT2D eigenvalue weighted by atomic mass is 32.2. The Morgan fingerprint density at radius 2 is 1.76 bits per heavy atom. The van der Waals surface area contributed by atoms with Crippen molar-refractivity contribution in [1.29, 1.82) is 0 Å². The molecule has 2 rings (SSSR count). The molecule has 0 unspecified atom stereocenters. The maximum Gasteiger partial charge on any atom is 0.242 e. The van der Waals surface area contributed by atoms with E-state index in [2.05, 4.69) is 20.0 Å². The quantitative estimate of drug-likeness (QED) is 0.709. The predicted molar refractivity (Wildman–Crippen MR) is 80.0 cm³/mol. The van der Waals surface area contributed by atoms with Gasteiger partial charge in [-0.2, -0.15) is 0 Å². The van der Waals surface area contributed by atoms with Crippen molar-refractivity contribution in [2.24, 2.45) is 0 Å². The summed E-state index contributed by atoms with van der Waals surface area (Å²) < 4.78 is 26.4. The summed E-state index contributed by atoms with van der Waals surface area (Å²) in [4.78, 5) is 8.02. The molecule has 112 valence electrons. The van der Waals surface area contributed by atoms with E-state index < -0.39 is 10.0 Å². The number of nitrogens with one attached hydrogen (secondary N) is 2. The molecule has 2 aromatic rings. The van der Waals surface area contributed by atoms with Crippen molar-refractivity contribution in [2.45, 2.75) is 17.9 Å². The molecule has 0 radical (unpaired) electrons. The van der Waals surface area contributed by atoms with E-state index in [1.54, 1.807) is 24.7 Å². The number of pyridine rings is 2. The third-order valence-corrected chi connectivity index (χ3v) is 4.27. The zero-order valence-corrected chi connectivity index (χ0v) is 12.4. The van der Waals surface area contributed by atoms with Crippen molar-refractivity contribution >= 4 is 10.0 Å². The van der Waals surface area contributed by atoms with Gasteiger partial charge in [0.1, 0.15) is 4.90 Å². The summed E-state index contributed by atoms with van der Waals surface area (Å²) in [7, 11) is -3.45. The molecule has 2 N–H and O–H groups in total. The minimum Gasteiger partial charge on any atom is -0.313 e. The summed E-state index contributed by atoms with van der Waals surface area (Å²) >= 11 is 0. The molecule has 0 atom stereocenters. The topological polar surface area (TPSA) is 84.0 Å². The fraction of sp³-hybridized carbons (Fsp3) is 0.286. The van der Waals surface area contributed by atoms with Gasteiger partial charge in [0, 0.05) is 37.9 Å². The molecule has 0 aliphatic carbocycles. The van der Waals surface area contributed by atoms with E-state index in [-0.39, 0.29) is 4.90 Å². The zero-order valence-electron chi connectivity index (χ0n) is 11.6. The van der Waals surface area contributed by atoms with Crippen LogP contribution in [0.4, 0.5) is 0 Å². The molecule has 2 aromatic heterocycles. The average molecular weight is 306 g/mol. The van der Waals surface area contributed by atoms with Gasteiger partial charge in [-0.1, -0.05) is 6.07 Å². The van der Waals surface area contributed by atoms with Crippen LogP contribution < -0.4 is 10.0 Å². The molecular weight excluding hydrogens is 288 g/mol. The van der Waals surface area contributed by atoms with Gasteiger partial charge in [-0.15, -0.1) is 0 Å². The third kappa shape index (κ3) is 5.22. The highest BCUT2D eigenvalue weighted by molar-refractivity contribution is 7.89. The largest absolute Gasteiger partial charge is 0.313 e. The van der Waals surface area contributed by atoms with Crippen molar-refractivity contribution in [3.8, 4) is 0 Å². The van der Waals surface area contributed by atoms with Crippen molar-refractivity contribution in [1.82, 2.24) is 20.0 Å². The second-order valence-corrected chi connectivity index (χ2v) is 6.25. The summed E-state index contributed by atoms with van der Waals surface area (Å²) in [5.41, 5.74) is 1.11. The molecule has 7 heteroatoms. The van der Waals surface area contributed by atoms with Crippen LogP contribution in [0.25, 0.3) is 0 Å². The number of sulfonamides is 1. The zero-order chi connectivity index (χ0) is 15.0. The van der Waals surface area contributed by atoms with Crippen LogP contribution in [-0.2, 0) is 16.6 Å². The molecule has 0 amide bonds. The summed E-state index contributed by atoms with van der Waals surface area (Å²) in [6, 6.07) is 7.00. The fourth-order valence-electron chi connectivity index (χ4n) is 1.74. The maximum atomic E-state index is 11.9. The normalized spacial score (nSPS) is 11.4. The van der Waals surface area contributed by atoms with Gasteiger partial charge in [0.15, 0.2) is 0 Å². The van der Waals surface area contributed by atoms with Crippen LogP contribution in [-0.4, -0.2) is 31.5 Å². The third-order valence-electron chi connectivity index (χ3n) is 2.82. The highest BCUT2D eigenvalue weighted by Gasteiger charge is 2.12. The summed E-state index contributed by atoms with van der Waals surface area (Å²) in [5, 5.41) is 3.24. The summed E-state index contributed by atoms with van der Waals surface area (Å²) in [5.74, 6) is 0. The molecule has 2 heterocycles. The maximum absolute atomic E-state index is 11.9. The van der Waals surface area contributed by atoms with E-state index >= 15 is 0 Å². The number of rotatable bonds is 8. The lowest BCUT2D eigenvalue weighted by molar-refractivity contribution is 0.573. The molecule has 6 nitrogen and oxygen atoms in total. The number of nitrogens with zero attached hydrogens (tertiary/aromatic N) is 2. The van der Waals surface area contributed by atoms with Gasteiger partial charge in [-0.3, -0.25) is 9.97 Å². The fourth-order valence-corrected chi connectivity index (χ4v) is 2.78. The predicted octanol–water partition coefficient (Wildman–Crippen LogP) is 0.935. The van der Waals surface area contributed by atoms with Gasteiger partial charge in [-0.25, -0.2) is 13.1 Å². The van der Waals surface area contributed by atoms with E-state index in [4.69, 9.17) is 0 Å². The van der Waals surface area contributed by atoms with Gasteiger partial charge in [0.25, 0.3) is 0 Å². The Morgan fingerprint density at radius 3 is 2.43 bits per heavy atom. The summed E-state index contributed by atoms with van der Waals surface area (Å²) in [6.07, 6.45) is 7.12. The first kappa shape index (κ1) is 15.6. The second kappa shape index (κ2) is 7.82. The van der Waals surface area contributed by atoms with Crippen molar-refractivity contribution in [2.75, 3.05) is 13.1 Å². The summed E-state index contributed by atoms with van der Waals surface area (Å²) in [6.45, 7) is 1.84. The first-order valence-electron chi connectivity index (χ1n) is 6.68. The van der Waals surface area contributed by atoms with E-state index in [9.17, 15) is 8.42 Å². The van der Waals surface area contributed by atoms with E-state index in [0.29, 0.717) is 13.0 Å². The van der Waals surface area contributed by atoms with Crippen LogP contribution in [0.1, 0.15) is 12.0 Å². The lowest BCUT2D eigenvalue weighted by Crippen LogP contribution is -2.27. The Morgan fingerprint density at radius 1 is 1.00 bits per heavy atom. The second-order valence-electron chi connectivity index (χ2n) is 4.48. The van der Waals surface area contributed by atoms with E-state index in [1.807, 2.05) is 12.1 Å². The van der Waals surface area contributed by atoms with Gasteiger partial charge >= 0.3 is 0 Å². The monoisotopic (exact) mass is 306 g/mol. The minimum atomic E-state index is -3.45. The van der Waals surface area contributed by atoms with Crippen LogP contribution >= 0.6 is 0 Å². The molecule has 21 heavy (non-hydrogen) atoms. The first-order valence-corrected chi connectivity index (χ1v) is 8.16. The lowest BCUT2D eigenvalue weighted by atomic mass is 10.3. The lowest BCUT2D eigenvalue weighted by Gasteiger charge is -2.07. The van der Waals surface area contributed by atoms with Crippen LogP contribution in [0.5, 0.6) is 0 Å². The number of aromatic nitrogens is 2. The smallest absolute Gasteiger partial charge is 0.242 e. The Labute approximate surface area is 124 Å². The Kier molecular flexibility index (Phi) is 5.79. The number of hydrogen-bond acceptors (Lipinski definition) is 5. The first-order chi connectivity index (χ1) is 10.2. The molecule has 0 fully saturated rings. The van der Waals surface area contributed by atoms with Crippen molar-refractivity contribution in [3.05, 3.63) is 54.6 Å². The molecular formula is C14H18N4O2S. The Balaban J connectivity index is 1.66. The molecule has 0 aliphatic heterocycles. The van der Waals surface area contributed by atoms with E-state index in [0.717, 1.165) is 18.7 Å². The minimum absolute atomic E-state index is 0.188. The van der Waals surface area contributed by atoms with Crippen molar-refractivity contribution < 1.29 is 8.42 Å². The SMILES string of the molecule is O=S(=O)(NCCCNCc1cccnc1)c1cccnc1. The standard InChI is InChI=1S/C14H18N4O2S/c19-21(20,14-5-2-7-17-12-14)18-9-3-8-16-11-13-4-1-6-15-10-13/h1-2,4-7,10,12,16,18H,3,8-9,11H2. The van der Waals surface area contributed by atoms with Crippen LogP contribution in [0.15, 0.2) is 53.9 Å². The highest BCUT2D eigenvalue weighted by Crippen LogP contribution is 2.04. The molecule has 0 saturated heterocycles. The van der Waals surface area contributed by atoms with Gasteiger partial charge < -0.3 is 5.32 Å². The van der Waals surface area contributed by atoms with E-state index in [1.165, 1.54) is 12.3 Å². The molecule has 0 bridgehead atoms.